The summed E-state index contributed by atoms with van der Waals surface area (Å²) in [5.74, 6) is -4.36. The van der Waals surface area contributed by atoms with Crippen molar-refractivity contribution in [3.05, 3.63) is 71.4 Å². The van der Waals surface area contributed by atoms with E-state index < -0.39 is 24.3 Å². The van der Waals surface area contributed by atoms with Gasteiger partial charge in [-0.25, -0.2) is 14.6 Å². The van der Waals surface area contributed by atoms with Crippen LogP contribution in [0.4, 0.5) is 26.3 Å². The Morgan fingerprint density at radius 1 is 0.895 bits per heavy atom. The summed E-state index contributed by atoms with van der Waals surface area (Å²) < 4.78 is 65.8. The molecule has 0 saturated heterocycles. The highest BCUT2D eigenvalue weighted by atomic mass is 19.4. The summed E-state index contributed by atoms with van der Waals surface area (Å²) in [6, 6.07) is 10.9. The molecule has 14 heteroatoms. The number of nitrogens with zero attached hydrogens (tertiary/aromatic N) is 4. The molecular weight excluding hydrogens is 522 g/mol. The number of hydrogen-bond donors (Lipinski definition) is 2. The fourth-order valence-corrected chi connectivity index (χ4v) is 3.62. The zero-order valence-corrected chi connectivity index (χ0v) is 20.2. The summed E-state index contributed by atoms with van der Waals surface area (Å²) in [7, 11) is 0. The van der Waals surface area contributed by atoms with Crippen LogP contribution in [0.3, 0.4) is 0 Å². The van der Waals surface area contributed by atoms with Crippen molar-refractivity contribution in [2.24, 2.45) is 0 Å². The molecule has 4 rings (SSSR count). The molecule has 3 heterocycles. The first-order chi connectivity index (χ1) is 17.6. The molecule has 0 unspecified atom stereocenters. The van der Waals surface area contributed by atoms with Gasteiger partial charge in [0.25, 0.3) is 0 Å². The summed E-state index contributed by atoms with van der Waals surface area (Å²) in [5.41, 5.74) is 6.44. The van der Waals surface area contributed by atoms with Crippen LogP contribution >= 0.6 is 0 Å². The zero-order chi connectivity index (χ0) is 28.7. The normalized spacial score (nSPS) is 13.4. The fraction of sp³-hybridized carbons (Fsp3) is 0.333. The molecule has 0 amide bonds. The van der Waals surface area contributed by atoms with Gasteiger partial charge in [0.2, 0.25) is 0 Å². The van der Waals surface area contributed by atoms with E-state index in [0.29, 0.717) is 0 Å². The van der Waals surface area contributed by atoms with Crippen molar-refractivity contribution in [1.82, 2.24) is 19.4 Å². The van der Waals surface area contributed by atoms with Crippen LogP contribution in [-0.4, -0.2) is 60.5 Å². The second-order valence-corrected chi connectivity index (χ2v) is 8.26. The second-order valence-electron chi connectivity index (χ2n) is 8.26. The number of imidazole rings is 1. The van der Waals surface area contributed by atoms with Crippen LogP contribution in [0.15, 0.2) is 48.9 Å². The number of carboxylic acid groups (broad SMARTS) is 2. The molecule has 3 aromatic rings. The summed E-state index contributed by atoms with van der Waals surface area (Å²) in [6.07, 6.45) is -4.50. The Hall–Kier alpha value is -3.94. The molecule has 1 aromatic carbocycles. The van der Waals surface area contributed by atoms with Gasteiger partial charge in [-0.1, -0.05) is 29.3 Å². The van der Waals surface area contributed by atoms with Crippen molar-refractivity contribution in [3.8, 4) is 11.3 Å². The number of alkyl halides is 6. The number of aromatic nitrogens is 3. The molecule has 0 saturated carbocycles. The van der Waals surface area contributed by atoms with Crippen LogP contribution in [0.25, 0.3) is 11.3 Å². The van der Waals surface area contributed by atoms with E-state index in [4.69, 9.17) is 19.8 Å². The third kappa shape index (κ3) is 9.18. The maximum absolute atomic E-state index is 10.6. The quantitative estimate of drug-likeness (QED) is 0.453. The molecule has 0 fully saturated rings. The molecule has 2 N–H and O–H groups in total. The van der Waals surface area contributed by atoms with Crippen LogP contribution in [0.2, 0.25) is 0 Å². The lowest BCUT2D eigenvalue weighted by atomic mass is 10.1. The van der Waals surface area contributed by atoms with Crippen LogP contribution in [-0.2, 0) is 29.2 Å². The first-order valence-corrected chi connectivity index (χ1v) is 10.9. The summed E-state index contributed by atoms with van der Waals surface area (Å²) in [6.45, 7) is 8.26. The fourth-order valence-electron chi connectivity index (χ4n) is 3.62. The van der Waals surface area contributed by atoms with Crippen molar-refractivity contribution >= 4 is 11.9 Å². The molecule has 0 atom stereocenters. The van der Waals surface area contributed by atoms with E-state index in [-0.39, 0.29) is 0 Å². The molecule has 0 spiro atoms. The summed E-state index contributed by atoms with van der Waals surface area (Å²) in [5, 5.41) is 14.2. The van der Waals surface area contributed by atoms with Crippen LogP contribution in [0.5, 0.6) is 0 Å². The molecule has 0 bridgehead atoms. The van der Waals surface area contributed by atoms with Gasteiger partial charge in [-0.2, -0.15) is 26.3 Å². The number of fused-ring (bicyclic) bond motifs is 1. The van der Waals surface area contributed by atoms with Gasteiger partial charge >= 0.3 is 24.3 Å². The van der Waals surface area contributed by atoms with E-state index in [1.165, 1.54) is 27.9 Å². The molecular formula is C24H24F6N4O4. The van der Waals surface area contributed by atoms with Crippen LogP contribution < -0.4 is 0 Å². The van der Waals surface area contributed by atoms with Crippen molar-refractivity contribution in [1.29, 1.82) is 0 Å². The van der Waals surface area contributed by atoms with Crippen molar-refractivity contribution < 1.29 is 46.1 Å². The van der Waals surface area contributed by atoms with E-state index in [1.807, 2.05) is 30.7 Å². The topological polar surface area (TPSA) is 109 Å². The average molecular weight is 546 g/mol. The van der Waals surface area contributed by atoms with Gasteiger partial charge in [0.1, 0.15) is 5.82 Å². The molecule has 0 aliphatic carbocycles. The zero-order valence-electron chi connectivity index (χ0n) is 20.2. The van der Waals surface area contributed by atoms with Gasteiger partial charge in [0.15, 0.2) is 0 Å². The summed E-state index contributed by atoms with van der Waals surface area (Å²) in [4.78, 5) is 29.0. The monoisotopic (exact) mass is 546 g/mol. The van der Waals surface area contributed by atoms with Crippen LogP contribution in [0.1, 0.15) is 22.5 Å². The minimum Gasteiger partial charge on any atom is -0.475 e. The smallest absolute Gasteiger partial charge is 0.475 e. The number of aliphatic carboxylic acids is 2. The maximum atomic E-state index is 10.6. The van der Waals surface area contributed by atoms with Gasteiger partial charge in [-0.05, 0) is 31.5 Å². The number of pyridine rings is 1. The maximum Gasteiger partial charge on any atom is 0.490 e. The number of halogens is 6. The van der Waals surface area contributed by atoms with Gasteiger partial charge in [0, 0.05) is 37.6 Å². The molecule has 206 valence electrons. The van der Waals surface area contributed by atoms with E-state index >= 15 is 0 Å². The highest BCUT2D eigenvalue weighted by molar-refractivity contribution is 5.73. The van der Waals surface area contributed by atoms with Crippen molar-refractivity contribution in [2.75, 3.05) is 6.54 Å². The lowest BCUT2D eigenvalue weighted by Gasteiger charge is -2.28. The Morgan fingerprint density at radius 2 is 1.39 bits per heavy atom. The van der Waals surface area contributed by atoms with E-state index in [2.05, 4.69) is 51.5 Å². The molecule has 8 nitrogen and oxygen atoms in total. The van der Waals surface area contributed by atoms with E-state index in [0.717, 1.165) is 32.0 Å². The van der Waals surface area contributed by atoms with Gasteiger partial charge < -0.3 is 14.8 Å². The number of carboxylic acids is 2. The predicted octanol–water partition coefficient (Wildman–Crippen LogP) is 4.84. The standard InChI is InChI=1S/C20H22N4.2C2HF3O2/c1-15-9-16(2)11-17(10-15)13-23-7-8-24-19(12-22-20(24)14-23)18-3-5-21-6-4-18;2*3-2(4,5)1(6)7/h3-6,9-12H,7-8,13-14H2,1-2H3;2*(H,6,7). The second kappa shape index (κ2) is 12.5. The molecule has 0 radical (unpaired) electrons. The minimum absolute atomic E-state index is 0.901. The third-order valence-corrected chi connectivity index (χ3v) is 5.09. The van der Waals surface area contributed by atoms with Gasteiger partial charge in [0.05, 0.1) is 18.4 Å². The minimum atomic E-state index is -5.08. The highest BCUT2D eigenvalue weighted by Crippen LogP contribution is 2.24. The van der Waals surface area contributed by atoms with Gasteiger partial charge in [-0.15, -0.1) is 0 Å². The Morgan fingerprint density at radius 3 is 1.87 bits per heavy atom. The number of benzene rings is 1. The lowest BCUT2D eigenvalue weighted by Crippen LogP contribution is -2.33. The number of hydrogen-bond acceptors (Lipinski definition) is 5. The molecule has 1 aliphatic rings. The first-order valence-electron chi connectivity index (χ1n) is 10.9. The predicted molar refractivity (Wildman–Crippen MR) is 123 cm³/mol. The first kappa shape index (κ1) is 30.3. The molecule has 38 heavy (non-hydrogen) atoms. The Kier molecular flexibility index (Phi) is 9.99. The molecule has 2 aromatic heterocycles. The molecule has 1 aliphatic heterocycles. The number of carbonyl (C=O) groups is 2. The van der Waals surface area contributed by atoms with E-state index in [9.17, 15) is 26.3 Å². The third-order valence-electron chi connectivity index (χ3n) is 5.09. The van der Waals surface area contributed by atoms with E-state index in [1.54, 1.807) is 0 Å². The number of aryl methyl sites for hydroxylation is 2. The SMILES string of the molecule is Cc1cc(C)cc(CN2CCn3c(-c4ccncc4)cnc3C2)c1.O=C(O)C(F)(F)F.O=C(O)C(F)(F)F. The lowest BCUT2D eigenvalue weighted by molar-refractivity contribution is -0.193. The van der Waals surface area contributed by atoms with Crippen molar-refractivity contribution in [2.45, 2.75) is 45.8 Å². The highest BCUT2D eigenvalue weighted by Gasteiger charge is 2.38. The summed E-state index contributed by atoms with van der Waals surface area (Å²) >= 11 is 0. The average Bonchev–Trinajstić information content (AvgIpc) is 3.22. The Balaban J connectivity index is 0.000000301. The van der Waals surface area contributed by atoms with Crippen LogP contribution in [0, 0.1) is 13.8 Å². The Labute approximate surface area is 213 Å². The Bertz CT molecular complexity index is 1200. The number of rotatable bonds is 3. The van der Waals surface area contributed by atoms with Gasteiger partial charge in [-0.3, -0.25) is 9.88 Å². The largest absolute Gasteiger partial charge is 0.490 e. The van der Waals surface area contributed by atoms with Crippen molar-refractivity contribution in [3.63, 3.8) is 0 Å².